The highest BCUT2D eigenvalue weighted by Gasteiger charge is 2.17. The Bertz CT molecular complexity index is 835. The van der Waals surface area contributed by atoms with E-state index in [0.717, 1.165) is 31.0 Å². The number of anilines is 1. The fourth-order valence-corrected chi connectivity index (χ4v) is 3.23. The summed E-state index contributed by atoms with van der Waals surface area (Å²) < 4.78 is 5.73. The van der Waals surface area contributed by atoms with E-state index in [1.54, 1.807) is 18.2 Å². The lowest BCUT2D eigenvalue weighted by Crippen LogP contribution is -2.27. The van der Waals surface area contributed by atoms with E-state index in [0.29, 0.717) is 23.7 Å². The first-order chi connectivity index (χ1) is 13.4. The number of hydrogen-bond donors (Lipinski definition) is 2. The smallest absolute Gasteiger partial charge is 0.291 e. The Morgan fingerprint density at radius 3 is 2.57 bits per heavy atom. The maximum Gasteiger partial charge on any atom is 0.291 e. The van der Waals surface area contributed by atoms with Gasteiger partial charge in [0, 0.05) is 17.8 Å². The molecule has 6 heteroatoms. The van der Waals surface area contributed by atoms with Crippen molar-refractivity contribution in [2.75, 3.05) is 25.0 Å². The molecule has 1 aliphatic rings. The van der Waals surface area contributed by atoms with E-state index in [2.05, 4.69) is 15.5 Å². The summed E-state index contributed by atoms with van der Waals surface area (Å²) >= 11 is 0. The van der Waals surface area contributed by atoms with Crippen molar-refractivity contribution in [3.63, 3.8) is 0 Å². The third-order valence-corrected chi connectivity index (χ3v) is 4.88. The van der Waals surface area contributed by atoms with Crippen molar-refractivity contribution in [1.29, 1.82) is 0 Å². The predicted molar refractivity (Wildman–Crippen MR) is 110 cm³/mol. The predicted octanol–water partition coefficient (Wildman–Crippen LogP) is 3.82. The number of nitrogens with zero attached hydrogens (tertiary/aromatic N) is 1. The van der Waals surface area contributed by atoms with Crippen LogP contribution < -0.4 is 10.6 Å². The Hall–Kier alpha value is -2.60. The number of aryl methyl sites for hydroxylation is 1. The second-order valence-corrected chi connectivity index (χ2v) is 7.84. The Morgan fingerprint density at radius 2 is 1.86 bits per heavy atom. The molecule has 0 spiro atoms. The molecule has 1 saturated heterocycles. The number of nitrogens with one attached hydrogen (secondary N) is 2. The molecule has 1 aromatic heterocycles. The van der Waals surface area contributed by atoms with Crippen LogP contribution in [0.1, 0.15) is 58.9 Å². The quantitative estimate of drug-likeness (QED) is 0.762. The number of benzene rings is 1. The number of likely N-dealkylation sites (tertiary alicyclic amines) is 1. The highest BCUT2D eigenvalue weighted by molar-refractivity contribution is 6.04. The zero-order valence-electron chi connectivity index (χ0n) is 16.9. The van der Waals surface area contributed by atoms with E-state index >= 15 is 0 Å². The standard InChI is InChI=1S/C22H29N3O3/c1-15(2)13-23-21(26)17-7-6-16(3)19(12-17)24-22(27)20-9-8-18(28-20)14-25-10-4-5-11-25/h6-9,12,15H,4-5,10-11,13-14H2,1-3H3,(H,23,26)(H,24,27). The van der Waals surface area contributed by atoms with Gasteiger partial charge in [-0.25, -0.2) is 0 Å². The van der Waals surface area contributed by atoms with Crippen LogP contribution in [0.15, 0.2) is 34.7 Å². The molecule has 0 bridgehead atoms. The third kappa shape index (κ3) is 5.23. The molecule has 0 saturated carbocycles. The second-order valence-electron chi connectivity index (χ2n) is 7.84. The van der Waals surface area contributed by atoms with E-state index < -0.39 is 0 Å². The van der Waals surface area contributed by atoms with Crippen LogP contribution in [0.4, 0.5) is 5.69 Å². The summed E-state index contributed by atoms with van der Waals surface area (Å²) in [5, 5.41) is 5.76. The summed E-state index contributed by atoms with van der Waals surface area (Å²) in [6.45, 7) is 9.48. The minimum atomic E-state index is -0.310. The highest BCUT2D eigenvalue weighted by Crippen LogP contribution is 2.20. The largest absolute Gasteiger partial charge is 0.455 e. The zero-order valence-corrected chi connectivity index (χ0v) is 16.9. The number of carbonyl (C=O) groups excluding carboxylic acids is 2. The van der Waals surface area contributed by atoms with E-state index in [9.17, 15) is 9.59 Å². The van der Waals surface area contributed by atoms with Crippen molar-refractivity contribution in [1.82, 2.24) is 10.2 Å². The summed E-state index contributed by atoms with van der Waals surface area (Å²) in [4.78, 5) is 27.2. The van der Waals surface area contributed by atoms with Crippen LogP contribution in [0.5, 0.6) is 0 Å². The van der Waals surface area contributed by atoms with Gasteiger partial charge < -0.3 is 15.1 Å². The van der Waals surface area contributed by atoms with Crippen LogP contribution in [0.25, 0.3) is 0 Å². The number of hydrogen-bond acceptors (Lipinski definition) is 4. The first-order valence-electron chi connectivity index (χ1n) is 9.93. The molecule has 0 unspecified atom stereocenters. The SMILES string of the molecule is Cc1ccc(C(=O)NCC(C)C)cc1NC(=O)c1ccc(CN2CCCC2)o1. The molecule has 2 N–H and O–H groups in total. The van der Waals surface area contributed by atoms with Crippen molar-refractivity contribution in [3.05, 3.63) is 53.0 Å². The van der Waals surface area contributed by atoms with Gasteiger partial charge in [-0.05, 0) is 68.6 Å². The Labute approximate surface area is 166 Å². The average Bonchev–Trinajstić information content (AvgIpc) is 3.34. The Morgan fingerprint density at radius 1 is 1.11 bits per heavy atom. The van der Waals surface area contributed by atoms with Gasteiger partial charge in [0.25, 0.3) is 11.8 Å². The van der Waals surface area contributed by atoms with Gasteiger partial charge in [-0.3, -0.25) is 14.5 Å². The van der Waals surface area contributed by atoms with E-state index in [-0.39, 0.29) is 17.6 Å². The van der Waals surface area contributed by atoms with Crippen molar-refractivity contribution < 1.29 is 14.0 Å². The number of furan rings is 1. The molecule has 0 radical (unpaired) electrons. The van der Waals surface area contributed by atoms with E-state index in [1.807, 2.05) is 32.9 Å². The summed E-state index contributed by atoms with van der Waals surface area (Å²) in [7, 11) is 0. The lowest BCUT2D eigenvalue weighted by atomic mass is 10.1. The van der Waals surface area contributed by atoms with Gasteiger partial charge in [0.05, 0.1) is 6.54 Å². The van der Waals surface area contributed by atoms with Crippen molar-refractivity contribution in [2.24, 2.45) is 5.92 Å². The normalized spacial score (nSPS) is 14.4. The molecule has 28 heavy (non-hydrogen) atoms. The van der Waals surface area contributed by atoms with E-state index in [4.69, 9.17) is 4.42 Å². The van der Waals surface area contributed by atoms with Gasteiger partial charge in [-0.15, -0.1) is 0 Å². The van der Waals surface area contributed by atoms with Crippen molar-refractivity contribution in [2.45, 2.75) is 40.2 Å². The summed E-state index contributed by atoms with van der Waals surface area (Å²) in [6.07, 6.45) is 2.43. The molecule has 0 atom stereocenters. The monoisotopic (exact) mass is 383 g/mol. The fourth-order valence-electron chi connectivity index (χ4n) is 3.23. The molecule has 6 nitrogen and oxygen atoms in total. The maximum absolute atomic E-state index is 12.6. The highest BCUT2D eigenvalue weighted by atomic mass is 16.4. The fraction of sp³-hybridized carbons (Fsp3) is 0.455. The topological polar surface area (TPSA) is 74.6 Å². The molecule has 1 aliphatic heterocycles. The molecular weight excluding hydrogens is 354 g/mol. The van der Waals surface area contributed by atoms with E-state index in [1.165, 1.54) is 12.8 Å². The molecule has 2 amide bonds. The number of carbonyl (C=O) groups is 2. The molecule has 150 valence electrons. The Kier molecular flexibility index (Phi) is 6.52. The molecule has 1 fully saturated rings. The van der Waals surface area contributed by atoms with Gasteiger partial charge in [0.1, 0.15) is 5.76 Å². The van der Waals surface area contributed by atoms with Gasteiger partial charge in [0.2, 0.25) is 0 Å². The van der Waals surface area contributed by atoms with Gasteiger partial charge in [-0.2, -0.15) is 0 Å². The van der Waals surface area contributed by atoms with Gasteiger partial charge in [0.15, 0.2) is 5.76 Å². The maximum atomic E-state index is 12.6. The Balaban J connectivity index is 1.65. The molecule has 1 aromatic carbocycles. The molecular formula is C22H29N3O3. The second kappa shape index (κ2) is 9.06. The molecule has 2 heterocycles. The van der Waals surface area contributed by atoms with Crippen LogP contribution in [-0.4, -0.2) is 36.3 Å². The molecule has 3 rings (SSSR count). The molecule has 2 aromatic rings. The van der Waals surface area contributed by atoms with Crippen LogP contribution in [0.3, 0.4) is 0 Å². The van der Waals surface area contributed by atoms with Crippen LogP contribution in [0.2, 0.25) is 0 Å². The minimum absolute atomic E-state index is 0.143. The zero-order chi connectivity index (χ0) is 20.1. The number of amides is 2. The van der Waals surface area contributed by atoms with Crippen LogP contribution in [0, 0.1) is 12.8 Å². The lowest BCUT2D eigenvalue weighted by molar-refractivity contribution is 0.0947. The summed E-state index contributed by atoms with van der Waals surface area (Å²) in [5.41, 5.74) is 2.02. The first-order valence-corrected chi connectivity index (χ1v) is 9.93. The number of rotatable bonds is 7. The lowest BCUT2D eigenvalue weighted by Gasteiger charge is -2.12. The summed E-state index contributed by atoms with van der Waals surface area (Å²) in [5.74, 6) is 1.00. The minimum Gasteiger partial charge on any atom is -0.455 e. The first kappa shape index (κ1) is 20.1. The third-order valence-electron chi connectivity index (χ3n) is 4.88. The van der Waals surface area contributed by atoms with Crippen molar-refractivity contribution >= 4 is 17.5 Å². The van der Waals surface area contributed by atoms with Crippen molar-refractivity contribution in [3.8, 4) is 0 Å². The van der Waals surface area contributed by atoms with Gasteiger partial charge in [-0.1, -0.05) is 19.9 Å². The van der Waals surface area contributed by atoms with Crippen LogP contribution >= 0.6 is 0 Å². The van der Waals surface area contributed by atoms with Gasteiger partial charge >= 0.3 is 0 Å². The summed E-state index contributed by atoms with van der Waals surface area (Å²) in [6, 6.07) is 8.87. The van der Waals surface area contributed by atoms with Crippen LogP contribution in [-0.2, 0) is 6.54 Å². The molecule has 0 aliphatic carbocycles. The average molecular weight is 383 g/mol.